The van der Waals surface area contributed by atoms with E-state index in [1.165, 1.54) is 24.3 Å². The fraction of sp³-hybridized carbons (Fsp3) is 0.167. The molecule has 1 amide bonds. The highest BCUT2D eigenvalue weighted by Crippen LogP contribution is 2.24. The topological polar surface area (TPSA) is 98.5 Å². The maximum absolute atomic E-state index is 12.9. The second-order valence-corrected chi connectivity index (χ2v) is 7.57. The Morgan fingerprint density at radius 2 is 1.75 bits per heavy atom. The molecule has 0 bridgehead atoms. The average Bonchev–Trinajstić information content (AvgIpc) is 2.79. The number of nitro groups is 1. The quantitative estimate of drug-likeness (QED) is 0.282. The summed E-state index contributed by atoms with van der Waals surface area (Å²) in [5.74, 6) is 0.184. The monoisotopic (exact) mass is 452 g/mol. The Hall–Kier alpha value is -3.71. The number of Topliss-reactive ketones (excluding diaryl/α,β-unsaturated/α-hetero) is 1. The van der Waals surface area contributed by atoms with Gasteiger partial charge in [-0.15, -0.1) is 0 Å². The summed E-state index contributed by atoms with van der Waals surface area (Å²) < 4.78 is 5.12. The van der Waals surface area contributed by atoms with E-state index in [1.54, 1.807) is 55.6 Å². The number of carbonyl (C=O) groups excluding carboxylic acids is 2. The standard InChI is InChI=1S/C24H21ClN2O5/c1-32-21-11-7-17(8-12-21)23(28)15-22(18-3-2-4-19(25)14-18)26-24(29)13-16-5-9-20(10-6-16)27(30)31/h2-12,14,22H,13,15H2,1H3,(H,26,29). The molecule has 32 heavy (non-hydrogen) atoms. The van der Waals surface area contributed by atoms with Gasteiger partial charge in [-0.1, -0.05) is 35.9 Å². The van der Waals surface area contributed by atoms with Crippen LogP contribution >= 0.6 is 11.6 Å². The van der Waals surface area contributed by atoms with Gasteiger partial charge in [-0.3, -0.25) is 19.7 Å². The second kappa shape index (κ2) is 10.5. The zero-order valence-electron chi connectivity index (χ0n) is 17.3. The molecule has 1 N–H and O–H groups in total. The van der Waals surface area contributed by atoms with Crippen molar-refractivity contribution < 1.29 is 19.2 Å². The third-order valence-electron chi connectivity index (χ3n) is 4.90. The lowest BCUT2D eigenvalue weighted by atomic mass is 9.97. The maximum Gasteiger partial charge on any atom is 0.269 e. The summed E-state index contributed by atoms with van der Waals surface area (Å²) in [4.78, 5) is 35.9. The molecule has 3 rings (SSSR count). The van der Waals surface area contributed by atoms with Gasteiger partial charge in [-0.2, -0.15) is 0 Å². The van der Waals surface area contributed by atoms with Crippen molar-refractivity contribution in [1.82, 2.24) is 5.32 Å². The van der Waals surface area contributed by atoms with E-state index in [1.807, 2.05) is 0 Å². The molecule has 0 saturated carbocycles. The van der Waals surface area contributed by atoms with Crippen LogP contribution < -0.4 is 10.1 Å². The number of benzene rings is 3. The van der Waals surface area contributed by atoms with E-state index in [0.717, 1.165) is 0 Å². The summed E-state index contributed by atoms with van der Waals surface area (Å²) in [6, 6.07) is 18.9. The first-order chi connectivity index (χ1) is 15.4. The number of nitrogens with one attached hydrogen (secondary N) is 1. The highest BCUT2D eigenvalue weighted by molar-refractivity contribution is 6.30. The van der Waals surface area contributed by atoms with Gasteiger partial charge in [0.15, 0.2) is 5.78 Å². The van der Waals surface area contributed by atoms with Crippen LogP contribution in [0.4, 0.5) is 5.69 Å². The smallest absolute Gasteiger partial charge is 0.269 e. The third-order valence-corrected chi connectivity index (χ3v) is 5.13. The Morgan fingerprint density at radius 3 is 2.34 bits per heavy atom. The van der Waals surface area contributed by atoms with E-state index in [2.05, 4.69) is 5.32 Å². The molecule has 0 aliphatic carbocycles. The molecule has 164 valence electrons. The molecule has 1 unspecified atom stereocenters. The number of ketones is 1. The molecule has 3 aromatic rings. The third kappa shape index (κ3) is 6.15. The molecule has 7 nitrogen and oxygen atoms in total. The molecule has 0 radical (unpaired) electrons. The predicted octanol–water partition coefficient (Wildman–Crippen LogP) is 4.93. The summed E-state index contributed by atoms with van der Waals surface area (Å²) in [5, 5.41) is 14.2. The van der Waals surface area contributed by atoms with Crippen molar-refractivity contribution in [3.05, 3.63) is 105 Å². The fourth-order valence-electron chi connectivity index (χ4n) is 3.22. The minimum atomic E-state index is -0.589. The maximum atomic E-state index is 12.9. The Morgan fingerprint density at radius 1 is 1.06 bits per heavy atom. The Labute approximate surface area is 190 Å². The number of nitrogens with zero attached hydrogens (tertiary/aromatic N) is 1. The highest BCUT2D eigenvalue weighted by Gasteiger charge is 2.20. The van der Waals surface area contributed by atoms with Gasteiger partial charge in [-0.05, 0) is 47.5 Å². The van der Waals surface area contributed by atoms with Crippen molar-refractivity contribution in [2.75, 3.05) is 7.11 Å². The summed E-state index contributed by atoms with van der Waals surface area (Å²) >= 11 is 6.12. The predicted molar refractivity (Wildman–Crippen MR) is 121 cm³/mol. The lowest BCUT2D eigenvalue weighted by Crippen LogP contribution is -2.31. The zero-order valence-corrected chi connectivity index (χ0v) is 18.0. The first-order valence-electron chi connectivity index (χ1n) is 9.81. The minimum Gasteiger partial charge on any atom is -0.497 e. The molecule has 0 aliphatic rings. The van der Waals surface area contributed by atoms with Crippen LogP contribution in [0.1, 0.15) is 33.9 Å². The lowest BCUT2D eigenvalue weighted by Gasteiger charge is -2.19. The van der Waals surface area contributed by atoms with Crippen LogP contribution in [-0.4, -0.2) is 23.7 Å². The van der Waals surface area contributed by atoms with Crippen LogP contribution in [0.2, 0.25) is 5.02 Å². The van der Waals surface area contributed by atoms with Crippen LogP contribution in [0.3, 0.4) is 0 Å². The number of hydrogen-bond acceptors (Lipinski definition) is 5. The van der Waals surface area contributed by atoms with E-state index >= 15 is 0 Å². The SMILES string of the molecule is COc1ccc(C(=O)CC(NC(=O)Cc2ccc([N+](=O)[O-])cc2)c2cccc(Cl)c2)cc1. The van der Waals surface area contributed by atoms with Gasteiger partial charge < -0.3 is 10.1 Å². The van der Waals surface area contributed by atoms with E-state index in [-0.39, 0.29) is 30.2 Å². The summed E-state index contributed by atoms with van der Waals surface area (Å²) in [7, 11) is 1.55. The van der Waals surface area contributed by atoms with E-state index in [9.17, 15) is 19.7 Å². The van der Waals surface area contributed by atoms with Crippen LogP contribution in [-0.2, 0) is 11.2 Å². The van der Waals surface area contributed by atoms with Crippen molar-refractivity contribution in [3.63, 3.8) is 0 Å². The number of non-ortho nitro benzene ring substituents is 1. The number of nitro benzene ring substituents is 1. The van der Waals surface area contributed by atoms with Crippen molar-refractivity contribution in [3.8, 4) is 5.75 Å². The van der Waals surface area contributed by atoms with Crippen molar-refractivity contribution >= 4 is 29.0 Å². The molecule has 0 spiro atoms. The first kappa shape index (κ1) is 23.0. The molecule has 3 aromatic carbocycles. The number of methoxy groups -OCH3 is 1. The number of carbonyl (C=O) groups is 2. The fourth-order valence-corrected chi connectivity index (χ4v) is 3.42. The van der Waals surface area contributed by atoms with Crippen LogP contribution in [0.5, 0.6) is 5.75 Å². The summed E-state index contributed by atoms with van der Waals surface area (Å²) in [6.45, 7) is 0. The minimum absolute atomic E-state index is 0.0196. The molecule has 0 saturated heterocycles. The Balaban J connectivity index is 1.75. The van der Waals surface area contributed by atoms with Gasteiger partial charge in [0.05, 0.1) is 24.5 Å². The summed E-state index contributed by atoms with van der Waals surface area (Å²) in [5.41, 5.74) is 1.79. The number of amides is 1. The van der Waals surface area contributed by atoms with Crippen molar-refractivity contribution in [1.29, 1.82) is 0 Å². The van der Waals surface area contributed by atoms with Gasteiger partial charge in [0, 0.05) is 29.1 Å². The van der Waals surface area contributed by atoms with Crippen LogP contribution in [0.15, 0.2) is 72.8 Å². The second-order valence-electron chi connectivity index (χ2n) is 7.13. The molecular weight excluding hydrogens is 432 g/mol. The largest absolute Gasteiger partial charge is 0.497 e. The average molecular weight is 453 g/mol. The van der Waals surface area contributed by atoms with Crippen molar-refractivity contribution in [2.45, 2.75) is 18.9 Å². The lowest BCUT2D eigenvalue weighted by molar-refractivity contribution is -0.384. The van der Waals surface area contributed by atoms with E-state index in [0.29, 0.717) is 27.5 Å². The number of ether oxygens (including phenoxy) is 1. The van der Waals surface area contributed by atoms with E-state index < -0.39 is 11.0 Å². The Bertz CT molecular complexity index is 1110. The molecule has 0 aromatic heterocycles. The van der Waals surface area contributed by atoms with Gasteiger partial charge in [0.25, 0.3) is 5.69 Å². The molecule has 1 atom stereocenters. The normalized spacial score (nSPS) is 11.4. The molecule has 0 heterocycles. The van der Waals surface area contributed by atoms with Crippen LogP contribution in [0, 0.1) is 10.1 Å². The van der Waals surface area contributed by atoms with Gasteiger partial charge >= 0.3 is 0 Å². The number of halogens is 1. The number of rotatable bonds is 9. The first-order valence-corrected chi connectivity index (χ1v) is 10.2. The van der Waals surface area contributed by atoms with Gasteiger partial charge in [0.2, 0.25) is 5.91 Å². The highest BCUT2D eigenvalue weighted by atomic mass is 35.5. The van der Waals surface area contributed by atoms with Gasteiger partial charge in [0.1, 0.15) is 5.75 Å². The zero-order chi connectivity index (χ0) is 23.1. The van der Waals surface area contributed by atoms with Crippen LogP contribution in [0.25, 0.3) is 0 Å². The van der Waals surface area contributed by atoms with Crippen molar-refractivity contribution in [2.24, 2.45) is 0 Å². The number of hydrogen-bond donors (Lipinski definition) is 1. The molecular formula is C24H21ClN2O5. The Kier molecular flexibility index (Phi) is 7.57. The molecule has 0 fully saturated rings. The molecule has 0 aliphatic heterocycles. The van der Waals surface area contributed by atoms with E-state index in [4.69, 9.17) is 16.3 Å². The molecule has 8 heteroatoms. The van der Waals surface area contributed by atoms with Gasteiger partial charge in [-0.25, -0.2) is 0 Å². The summed E-state index contributed by atoms with van der Waals surface area (Å²) in [6.07, 6.45) is 0.0600.